The van der Waals surface area contributed by atoms with Crippen LogP contribution in [0.1, 0.15) is 5.69 Å². The molecule has 0 radical (unpaired) electrons. The molecule has 138 valence electrons. The Kier molecular flexibility index (Phi) is 4.05. The Balaban J connectivity index is 1.84. The maximum Gasteiger partial charge on any atom is 0.147 e. The predicted octanol–water partition coefficient (Wildman–Crippen LogP) is 4.74. The van der Waals surface area contributed by atoms with Gasteiger partial charge in [0.15, 0.2) is 0 Å². The van der Waals surface area contributed by atoms with Crippen LogP contribution in [0.3, 0.4) is 0 Å². The molecule has 4 aromatic heterocycles. The van der Waals surface area contributed by atoms with Crippen molar-refractivity contribution in [1.29, 1.82) is 0 Å². The molecule has 2 N–H and O–H groups in total. The molecular weight excluding hydrogens is 397 g/mol. The summed E-state index contributed by atoms with van der Waals surface area (Å²) in [6.45, 7) is -0.210. The van der Waals surface area contributed by atoms with Gasteiger partial charge in [-0.1, -0.05) is 29.3 Å². The van der Waals surface area contributed by atoms with Crippen molar-refractivity contribution in [2.75, 3.05) is 0 Å². The van der Waals surface area contributed by atoms with Crippen molar-refractivity contribution < 1.29 is 5.11 Å². The summed E-state index contributed by atoms with van der Waals surface area (Å²) in [6, 6.07) is 9.18. The first-order valence-corrected chi connectivity index (χ1v) is 9.27. The van der Waals surface area contributed by atoms with Crippen LogP contribution in [0.25, 0.3) is 38.9 Å². The van der Waals surface area contributed by atoms with Crippen LogP contribution in [-0.4, -0.2) is 29.7 Å². The first-order chi connectivity index (χ1) is 13.7. The summed E-state index contributed by atoms with van der Waals surface area (Å²) >= 11 is 12.8. The lowest BCUT2D eigenvalue weighted by Gasteiger charge is -2.06. The SMILES string of the molecule is OCc1c(-c2c(Cl)cccc2Cl)nc2c3cc(-c4cn[nH]c4)cnc3ccn12. The normalized spacial score (nSPS) is 11.5. The number of pyridine rings is 2. The van der Waals surface area contributed by atoms with E-state index in [2.05, 4.69) is 15.2 Å². The van der Waals surface area contributed by atoms with E-state index in [1.807, 2.05) is 28.9 Å². The number of aliphatic hydroxyl groups excluding tert-OH is 1. The van der Waals surface area contributed by atoms with Crippen molar-refractivity contribution in [2.24, 2.45) is 0 Å². The van der Waals surface area contributed by atoms with E-state index in [0.29, 0.717) is 32.6 Å². The summed E-state index contributed by atoms with van der Waals surface area (Å²) in [5, 5.41) is 18.7. The van der Waals surface area contributed by atoms with Gasteiger partial charge in [-0.05, 0) is 24.3 Å². The Hall–Kier alpha value is -2.93. The van der Waals surface area contributed by atoms with Crippen molar-refractivity contribution in [3.8, 4) is 22.4 Å². The van der Waals surface area contributed by atoms with E-state index in [1.54, 1.807) is 30.6 Å². The highest BCUT2D eigenvalue weighted by atomic mass is 35.5. The second kappa shape index (κ2) is 6.60. The van der Waals surface area contributed by atoms with E-state index in [1.165, 1.54) is 0 Å². The Morgan fingerprint density at radius 2 is 1.89 bits per heavy atom. The second-order valence-electron chi connectivity index (χ2n) is 6.31. The minimum absolute atomic E-state index is 0.210. The number of nitrogens with zero attached hydrogens (tertiary/aromatic N) is 4. The number of imidazole rings is 1. The Morgan fingerprint density at radius 3 is 2.61 bits per heavy atom. The summed E-state index contributed by atoms with van der Waals surface area (Å²) in [5.74, 6) is 0. The van der Waals surface area contributed by atoms with Gasteiger partial charge in [-0.15, -0.1) is 0 Å². The molecular formula is C20H13Cl2N5O. The van der Waals surface area contributed by atoms with Crippen LogP contribution in [0, 0.1) is 0 Å². The fourth-order valence-electron chi connectivity index (χ4n) is 3.39. The van der Waals surface area contributed by atoms with E-state index in [0.717, 1.165) is 22.0 Å². The van der Waals surface area contributed by atoms with E-state index < -0.39 is 0 Å². The van der Waals surface area contributed by atoms with Gasteiger partial charge in [0.25, 0.3) is 0 Å². The number of benzene rings is 1. The summed E-state index contributed by atoms with van der Waals surface area (Å²) in [7, 11) is 0. The number of aliphatic hydroxyl groups is 1. The molecule has 0 unspecified atom stereocenters. The van der Waals surface area contributed by atoms with E-state index in [-0.39, 0.29) is 6.61 Å². The largest absolute Gasteiger partial charge is 0.390 e. The quantitative estimate of drug-likeness (QED) is 0.451. The van der Waals surface area contributed by atoms with Crippen LogP contribution < -0.4 is 0 Å². The van der Waals surface area contributed by atoms with E-state index in [4.69, 9.17) is 28.2 Å². The molecule has 0 spiro atoms. The molecule has 0 saturated heterocycles. The van der Waals surface area contributed by atoms with Crippen LogP contribution in [0.15, 0.2) is 55.1 Å². The van der Waals surface area contributed by atoms with Crippen molar-refractivity contribution in [3.63, 3.8) is 0 Å². The highest BCUT2D eigenvalue weighted by Gasteiger charge is 2.20. The third-order valence-corrected chi connectivity index (χ3v) is 5.36. The Bertz CT molecular complexity index is 1310. The van der Waals surface area contributed by atoms with E-state index in [9.17, 15) is 5.11 Å². The standard InChI is InChI=1S/C20H13Cl2N5O/c21-14-2-1-3-15(22)18(14)19-17(10-28)27-5-4-16-13(20(27)26-19)6-11(7-23-16)12-8-24-25-9-12/h1-9,28H,10H2,(H,24,25). The summed E-state index contributed by atoms with van der Waals surface area (Å²) in [4.78, 5) is 9.35. The topological polar surface area (TPSA) is 79.1 Å². The van der Waals surface area contributed by atoms with Crippen molar-refractivity contribution in [2.45, 2.75) is 6.61 Å². The molecule has 4 heterocycles. The molecule has 0 amide bonds. The molecule has 1 aromatic carbocycles. The van der Waals surface area contributed by atoms with Crippen LogP contribution in [0.5, 0.6) is 0 Å². The van der Waals surface area contributed by atoms with Gasteiger partial charge in [-0.2, -0.15) is 5.10 Å². The summed E-state index contributed by atoms with van der Waals surface area (Å²) < 4.78 is 1.85. The number of hydrogen-bond donors (Lipinski definition) is 2. The predicted molar refractivity (Wildman–Crippen MR) is 109 cm³/mol. The molecule has 0 bridgehead atoms. The third-order valence-electron chi connectivity index (χ3n) is 4.73. The lowest BCUT2D eigenvalue weighted by molar-refractivity contribution is 0.276. The zero-order chi connectivity index (χ0) is 19.3. The fraction of sp³-hybridized carbons (Fsp3) is 0.0500. The van der Waals surface area contributed by atoms with Crippen LogP contribution in [0.2, 0.25) is 10.0 Å². The Labute approximate surface area is 169 Å². The average Bonchev–Trinajstić information content (AvgIpc) is 3.35. The van der Waals surface area contributed by atoms with Crippen molar-refractivity contribution in [1.82, 2.24) is 24.6 Å². The molecule has 0 saturated carbocycles. The molecule has 5 aromatic rings. The average molecular weight is 410 g/mol. The first-order valence-electron chi connectivity index (χ1n) is 8.51. The number of nitrogens with one attached hydrogen (secondary N) is 1. The third kappa shape index (κ3) is 2.57. The van der Waals surface area contributed by atoms with Gasteiger partial charge in [-0.25, -0.2) is 4.98 Å². The van der Waals surface area contributed by atoms with Gasteiger partial charge in [0, 0.05) is 40.7 Å². The van der Waals surface area contributed by atoms with Crippen LogP contribution >= 0.6 is 23.2 Å². The molecule has 6 nitrogen and oxygen atoms in total. The minimum Gasteiger partial charge on any atom is -0.390 e. The summed E-state index contributed by atoms with van der Waals surface area (Å²) in [5.41, 5.74) is 5.09. The van der Waals surface area contributed by atoms with E-state index >= 15 is 0 Å². The lowest BCUT2D eigenvalue weighted by Crippen LogP contribution is -1.95. The van der Waals surface area contributed by atoms with Crippen LogP contribution in [-0.2, 0) is 6.61 Å². The highest BCUT2D eigenvalue weighted by Crippen LogP contribution is 2.37. The van der Waals surface area contributed by atoms with Gasteiger partial charge in [0.2, 0.25) is 0 Å². The summed E-state index contributed by atoms with van der Waals surface area (Å²) in [6.07, 6.45) is 7.19. The Morgan fingerprint density at radius 1 is 1.07 bits per heavy atom. The van der Waals surface area contributed by atoms with Gasteiger partial charge in [-0.3, -0.25) is 10.1 Å². The molecule has 0 aliphatic rings. The number of hydrogen-bond acceptors (Lipinski definition) is 4. The molecule has 0 aliphatic heterocycles. The van der Waals surface area contributed by atoms with Gasteiger partial charge >= 0.3 is 0 Å². The number of aromatic amines is 1. The highest BCUT2D eigenvalue weighted by molar-refractivity contribution is 6.39. The second-order valence-corrected chi connectivity index (χ2v) is 7.13. The minimum atomic E-state index is -0.210. The monoisotopic (exact) mass is 409 g/mol. The maximum atomic E-state index is 10.1. The van der Waals surface area contributed by atoms with Gasteiger partial charge < -0.3 is 9.51 Å². The number of rotatable bonds is 3. The molecule has 28 heavy (non-hydrogen) atoms. The lowest BCUT2D eigenvalue weighted by atomic mass is 10.1. The molecule has 0 aliphatic carbocycles. The van der Waals surface area contributed by atoms with Crippen molar-refractivity contribution in [3.05, 3.63) is 70.9 Å². The number of aromatic nitrogens is 5. The first kappa shape index (κ1) is 17.2. The molecule has 0 atom stereocenters. The molecule has 0 fully saturated rings. The smallest absolute Gasteiger partial charge is 0.147 e. The molecule has 5 rings (SSSR count). The van der Waals surface area contributed by atoms with Crippen molar-refractivity contribution >= 4 is 39.8 Å². The number of halogens is 2. The zero-order valence-corrected chi connectivity index (χ0v) is 15.9. The zero-order valence-electron chi connectivity index (χ0n) is 14.4. The van der Waals surface area contributed by atoms with Gasteiger partial charge in [0.1, 0.15) is 5.65 Å². The van der Waals surface area contributed by atoms with Crippen LogP contribution in [0.4, 0.5) is 0 Å². The number of H-pyrrole nitrogens is 1. The maximum absolute atomic E-state index is 10.1. The fourth-order valence-corrected chi connectivity index (χ4v) is 3.97. The molecule has 8 heteroatoms. The number of fused-ring (bicyclic) bond motifs is 3. The van der Waals surface area contributed by atoms with Gasteiger partial charge in [0.05, 0.1) is 39.8 Å².